The number of nitrogens with zero attached hydrogens (tertiary/aromatic N) is 5. The van der Waals surface area contributed by atoms with Gasteiger partial charge in [-0.3, -0.25) is 4.98 Å². The Kier molecular flexibility index (Phi) is 7.81. The molecule has 0 atom stereocenters. The van der Waals surface area contributed by atoms with Crippen molar-refractivity contribution in [2.24, 2.45) is 5.16 Å². The summed E-state index contributed by atoms with van der Waals surface area (Å²) in [5.74, 6) is -0.386. The van der Waals surface area contributed by atoms with E-state index in [0.29, 0.717) is 25.8 Å². The first kappa shape index (κ1) is 25.5. The van der Waals surface area contributed by atoms with Gasteiger partial charge in [0.05, 0.1) is 23.8 Å². The summed E-state index contributed by atoms with van der Waals surface area (Å²) in [7, 11) is -3.76. The van der Waals surface area contributed by atoms with E-state index in [1.807, 2.05) is 24.3 Å². The number of aromatic nitrogens is 1. The minimum Gasteiger partial charge on any atom is -0.392 e. The SMILES string of the molecule is N#CCCN(CCc1ccccn1)C(=O)OC1=NOC2(CCN(S(=O)(=O)c3ccc(F)cc3)CC2)C1. The average Bonchev–Trinajstić information content (AvgIpc) is 3.26. The second-order valence-electron chi connectivity index (χ2n) is 8.63. The Morgan fingerprint density at radius 2 is 1.94 bits per heavy atom. The van der Waals surface area contributed by atoms with Gasteiger partial charge in [0.15, 0.2) is 0 Å². The van der Waals surface area contributed by atoms with Crippen LogP contribution in [0.1, 0.15) is 31.4 Å². The summed E-state index contributed by atoms with van der Waals surface area (Å²) in [6.07, 6.45) is 2.65. The summed E-state index contributed by atoms with van der Waals surface area (Å²) >= 11 is 0. The Morgan fingerprint density at radius 3 is 2.61 bits per heavy atom. The van der Waals surface area contributed by atoms with E-state index in [0.717, 1.165) is 17.8 Å². The predicted octanol–water partition coefficient (Wildman–Crippen LogP) is 3.07. The van der Waals surface area contributed by atoms with Gasteiger partial charge in [-0.25, -0.2) is 17.6 Å². The first-order chi connectivity index (χ1) is 17.3. The molecule has 1 spiro atoms. The van der Waals surface area contributed by atoms with Crippen molar-refractivity contribution in [3.8, 4) is 6.07 Å². The maximum Gasteiger partial charge on any atom is 0.416 e. The molecule has 1 saturated heterocycles. The van der Waals surface area contributed by atoms with Crippen molar-refractivity contribution in [3.63, 3.8) is 0 Å². The standard InChI is InChI=1S/C24H26FN5O5S/c25-19-5-7-21(8-6-19)36(32,33)30-16-10-24(11-17-30)18-22(28-35-24)34-23(31)29(14-3-12-26)15-9-20-4-1-2-13-27-20/h1-2,4-8,13H,3,9-11,14-18H2. The Morgan fingerprint density at radius 1 is 1.19 bits per heavy atom. The smallest absolute Gasteiger partial charge is 0.392 e. The number of nitriles is 1. The van der Waals surface area contributed by atoms with Crippen LogP contribution in [0.5, 0.6) is 0 Å². The fourth-order valence-corrected chi connectivity index (χ4v) is 5.58. The van der Waals surface area contributed by atoms with Gasteiger partial charge in [0, 0.05) is 57.3 Å². The lowest BCUT2D eigenvalue weighted by Crippen LogP contribution is -2.47. The molecule has 1 fully saturated rings. The number of hydrogen-bond donors (Lipinski definition) is 0. The summed E-state index contributed by atoms with van der Waals surface area (Å²) < 4.78 is 45.7. The molecule has 2 aliphatic heterocycles. The number of sulfonamides is 1. The van der Waals surface area contributed by atoms with Crippen LogP contribution in [0.2, 0.25) is 0 Å². The molecule has 36 heavy (non-hydrogen) atoms. The number of amides is 1. The number of carbonyl (C=O) groups is 1. The first-order valence-corrected chi connectivity index (χ1v) is 13.0. The second kappa shape index (κ2) is 11.0. The van der Waals surface area contributed by atoms with Gasteiger partial charge in [-0.15, -0.1) is 0 Å². The predicted molar refractivity (Wildman–Crippen MR) is 126 cm³/mol. The van der Waals surface area contributed by atoms with Crippen molar-refractivity contribution < 1.29 is 27.2 Å². The van der Waals surface area contributed by atoms with Crippen molar-refractivity contribution in [2.45, 2.75) is 42.6 Å². The van der Waals surface area contributed by atoms with Crippen LogP contribution < -0.4 is 0 Å². The number of rotatable bonds is 7. The number of ether oxygens (including phenoxy) is 1. The van der Waals surface area contributed by atoms with E-state index in [1.54, 1.807) is 6.20 Å². The molecule has 0 unspecified atom stereocenters. The molecule has 4 rings (SSSR count). The molecule has 190 valence electrons. The van der Waals surface area contributed by atoms with E-state index in [9.17, 15) is 17.6 Å². The topological polar surface area (TPSA) is 125 Å². The lowest BCUT2D eigenvalue weighted by atomic mass is 9.89. The monoisotopic (exact) mass is 515 g/mol. The van der Waals surface area contributed by atoms with Crippen LogP contribution in [-0.2, 0) is 26.0 Å². The lowest BCUT2D eigenvalue weighted by molar-refractivity contribution is -0.0506. The van der Waals surface area contributed by atoms with Gasteiger partial charge in [-0.2, -0.15) is 9.57 Å². The van der Waals surface area contributed by atoms with Gasteiger partial charge in [0.25, 0.3) is 0 Å². The minimum atomic E-state index is -3.76. The van der Waals surface area contributed by atoms with E-state index in [4.69, 9.17) is 14.8 Å². The van der Waals surface area contributed by atoms with Gasteiger partial charge in [0.2, 0.25) is 15.9 Å². The number of pyridine rings is 1. The van der Waals surface area contributed by atoms with Crippen LogP contribution in [-0.4, -0.2) is 66.4 Å². The number of benzene rings is 1. The van der Waals surface area contributed by atoms with Crippen LogP contribution in [0.4, 0.5) is 9.18 Å². The van der Waals surface area contributed by atoms with Gasteiger partial charge < -0.3 is 14.5 Å². The Hall–Kier alpha value is -3.56. The third kappa shape index (κ3) is 5.98. The molecule has 3 heterocycles. The highest BCUT2D eigenvalue weighted by Gasteiger charge is 2.45. The van der Waals surface area contributed by atoms with Crippen molar-refractivity contribution >= 4 is 22.0 Å². The number of piperidine rings is 1. The highest BCUT2D eigenvalue weighted by atomic mass is 32.2. The summed E-state index contributed by atoms with van der Waals surface area (Å²) in [4.78, 5) is 24.1. The Bertz CT molecular complexity index is 1240. The molecular formula is C24H26FN5O5S. The fraction of sp³-hybridized carbons (Fsp3) is 0.417. The van der Waals surface area contributed by atoms with E-state index >= 15 is 0 Å². The number of halogens is 1. The molecule has 10 nitrogen and oxygen atoms in total. The summed E-state index contributed by atoms with van der Waals surface area (Å²) in [5.41, 5.74) is 0.0608. The normalized spacial score (nSPS) is 17.2. The van der Waals surface area contributed by atoms with Crippen LogP contribution in [0.25, 0.3) is 0 Å². The second-order valence-corrected chi connectivity index (χ2v) is 10.6. The third-order valence-corrected chi connectivity index (χ3v) is 8.13. The maximum atomic E-state index is 13.2. The zero-order chi connectivity index (χ0) is 25.6. The zero-order valence-electron chi connectivity index (χ0n) is 19.5. The largest absolute Gasteiger partial charge is 0.416 e. The Balaban J connectivity index is 1.31. The molecule has 0 saturated carbocycles. The number of hydrogen-bond acceptors (Lipinski definition) is 8. The molecule has 12 heteroatoms. The minimum absolute atomic E-state index is 0.0289. The fourth-order valence-electron chi connectivity index (χ4n) is 4.14. The molecule has 2 aromatic rings. The zero-order valence-corrected chi connectivity index (χ0v) is 20.4. The third-order valence-electron chi connectivity index (χ3n) is 6.22. The van der Waals surface area contributed by atoms with Crippen molar-refractivity contribution in [1.82, 2.24) is 14.2 Å². The molecule has 0 aliphatic carbocycles. The molecule has 1 aromatic heterocycles. The van der Waals surface area contributed by atoms with Gasteiger partial charge in [0.1, 0.15) is 11.4 Å². The molecule has 2 aliphatic rings. The van der Waals surface area contributed by atoms with Crippen molar-refractivity contribution in [3.05, 3.63) is 60.2 Å². The molecular weight excluding hydrogens is 489 g/mol. The Labute approximate surface area is 209 Å². The van der Waals surface area contributed by atoms with Gasteiger partial charge >= 0.3 is 6.09 Å². The highest BCUT2D eigenvalue weighted by Crippen LogP contribution is 2.36. The first-order valence-electron chi connectivity index (χ1n) is 11.6. The van der Waals surface area contributed by atoms with E-state index in [1.165, 1.54) is 21.3 Å². The van der Waals surface area contributed by atoms with Crippen LogP contribution >= 0.6 is 0 Å². The van der Waals surface area contributed by atoms with Crippen LogP contribution in [0.3, 0.4) is 0 Å². The van der Waals surface area contributed by atoms with E-state index < -0.39 is 27.5 Å². The molecule has 0 bridgehead atoms. The van der Waals surface area contributed by atoms with E-state index in [-0.39, 0.29) is 43.3 Å². The summed E-state index contributed by atoms with van der Waals surface area (Å²) in [6, 6.07) is 12.3. The molecule has 0 radical (unpaired) electrons. The van der Waals surface area contributed by atoms with Gasteiger partial charge in [-0.1, -0.05) is 11.2 Å². The summed E-state index contributed by atoms with van der Waals surface area (Å²) in [5, 5.41) is 12.9. The number of oxime groups is 1. The summed E-state index contributed by atoms with van der Waals surface area (Å²) in [6.45, 7) is 0.911. The quantitative estimate of drug-likeness (QED) is 0.555. The van der Waals surface area contributed by atoms with Crippen molar-refractivity contribution in [2.75, 3.05) is 26.2 Å². The van der Waals surface area contributed by atoms with Crippen LogP contribution in [0, 0.1) is 17.1 Å². The highest BCUT2D eigenvalue weighted by molar-refractivity contribution is 7.89. The lowest BCUT2D eigenvalue weighted by Gasteiger charge is -2.36. The molecule has 0 N–H and O–H groups in total. The number of carbonyl (C=O) groups excluding carboxylic acids is 1. The van der Waals surface area contributed by atoms with Crippen molar-refractivity contribution in [1.29, 1.82) is 5.26 Å². The van der Waals surface area contributed by atoms with Crippen LogP contribution in [0.15, 0.2) is 58.7 Å². The molecule has 1 amide bonds. The van der Waals surface area contributed by atoms with Gasteiger partial charge in [-0.05, 0) is 36.4 Å². The van der Waals surface area contributed by atoms with E-state index in [2.05, 4.69) is 10.1 Å². The average molecular weight is 516 g/mol. The molecule has 1 aromatic carbocycles. The maximum absolute atomic E-state index is 13.2.